The summed E-state index contributed by atoms with van der Waals surface area (Å²) in [5, 5.41) is 2.05. The van der Waals surface area contributed by atoms with E-state index in [1.807, 2.05) is 22.9 Å². The number of carbonyl (C=O) groups excluding carboxylic acids is 2. The normalized spacial score (nSPS) is 11.3. The molecule has 2 amide bonds. The molecule has 0 fully saturated rings. The van der Waals surface area contributed by atoms with Crippen molar-refractivity contribution in [3.8, 4) is 0 Å². The van der Waals surface area contributed by atoms with Crippen LogP contribution in [0.5, 0.6) is 0 Å². The molecule has 36 heavy (non-hydrogen) atoms. The van der Waals surface area contributed by atoms with Gasteiger partial charge in [-0.15, -0.1) is 0 Å². The minimum atomic E-state index is 0.168. The second kappa shape index (κ2) is 16.0. The molecule has 0 radical (unpaired) electrons. The van der Waals surface area contributed by atoms with Crippen molar-refractivity contribution in [2.75, 3.05) is 26.7 Å². The quantitative estimate of drug-likeness (QED) is 0.205. The average Bonchev–Trinajstić information content (AvgIpc) is 3.12. The molecule has 2 rings (SSSR count). The zero-order valence-corrected chi connectivity index (χ0v) is 24.1. The van der Waals surface area contributed by atoms with Crippen LogP contribution in [0.4, 0.5) is 0 Å². The highest BCUT2D eigenvalue weighted by molar-refractivity contribution is 6.31. The highest BCUT2D eigenvalue weighted by atomic mass is 35.5. The van der Waals surface area contributed by atoms with Crippen LogP contribution in [0.1, 0.15) is 96.2 Å². The summed E-state index contributed by atoms with van der Waals surface area (Å²) in [6.07, 6.45) is 11.2. The zero-order chi connectivity index (χ0) is 26.5. The molecular formula is C30H48ClN3O2. The van der Waals surface area contributed by atoms with Crippen LogP contribution in [0.25, 0.3) is 10.9 Å². The Labute approximate surface area is 224 Å². The number of carbonyl (C=O) groups is 2. The predicted octanol–water partition coefficient (Wildman–Crippen LogP) is 7.39. The SMILES string of the molecule is CCCCN(C)C(=O)CCCCCCCN(CCCCc1c(C)n(CC)c2ccc(Cl)cc12)C(C)=O. The van der Waals surface area contributed by atoms with Gasteiger partial charge in [-0.1, -0.05) is 44.2 Å². The first-order valence-electron chi connectivity index (χ1n) is 14.1. The molecule has 0 bridgehead atoms. The lowest BCUT2D eigenvalue weighted by Gasteiger charge is -2.21. The average molecular weight is 518 g/mol. The fourth-order valence-corrected chi connectivity index (χ4v) is 5.27. The molecule has 0 aliphatic carbocycles. The van der Waals surface area contributed by atoms with Gasteiger partial charge in [0, 0.05) is 68.2 Å². The summed E-state index contributed by atoms with van der Waals surface area (Å²) >= 11 is 6.29. The number of aromatic nitrogens is 1. The van der Waals surface area contributed by atoms with Crippen molar-refractivity contribution in [2.45, 2.75) is 105 Å². The zero-order valence-electron chi connectivity index (χ0n) is 23.4. The van der Waals surface area contributed by atoms with E-state index in [1.54, 1.807) is 6.92 Å². The van der Waals surface area contributed by atoms with Crippen LogP contribution in [0.15, 0.2) is 18.2 Å². The van der Waals surface area contributed by atoms with E-state index in [1.165, 1.54) is 22.2 Å². The predicted molar refractivity (Wildman–Crippen MR) is 153 cm³/mol. The first-order valence-corrected chi connectivity index (χ1v) is 14.4. The highest BCUT2D eigenvalue weighted by Crippen LogP contribution is 2.29. The van der Waals surface area contributed by atoms with Gasteiger partial charge in [0.15, 0.2) is 0 Å². The van der Waals surface area contributed by atoms with Crippen molar-refractivity contribution in [3.05, 3.63) is 34.5 Å². The van der Waals surface area contributed by atoms with E-state index >= 15 is 0 Å². The van der Waals surface area contributed by atoms with Gasteiger partial charge >= 0.3 is 0 Å². The summed E-state index contributed by atoms with van der Waals surface area (Å²) in [5.41, 5.74) is 3.97. The van der Waals surface area contributed by atoms with Gasteiger partial charge in [-0.05, 0) is 76.1 Å². The first kappa shape index (κ1) is 30.2. The molecule has 5 nitrogen and oxygen atoms in total. The summed E-state index contributed by atoms with van der Waals surface area (Å²) in [7, 11) is 1.91. The molecule has 0 N–H and O–H groups in total. The van der Waals surface area contributed by atoms with Crippen molar-refractivity contribution in [1.29, 1.82) is 0 Å². The summed E-state index contributed by atoms with van der Waals surface area (Å²) in [5.74, 6) is 0.435. The molecule has 0 aliphatic rings. The lowest BCUT2D eigenvalue weighted by molar-refractivity contribution is -0.130. The molecule has 1 heterocycles. The third-order valence-corrected chi connectivity index (χ3v) is 7.61. The van der Waals surface area contributed by atoms with E-state index in [2.05, 4.69) is 37.5 Å². The summed E-state index contributed by atoms with van der Waals surface area (Å²) in [6, 6.07) is 6.18. The number of rotatable bonds is 17. The Balaban J connectivity index is 1.68. The van der Waals surface area contributed by atoms with Crippen LogP contribution in [0.2, 0.25) is 5.02 Å². The number of hydrogen-bond acceptors (Lipinski definition) is 2. The number of unbranched alkanes of at least 4 members (excludes halogenated alkanes) is 6. The molecule has 0 saturated carbocycles. The second-order valence-electron chi connectivity index (χ2n) is 10.1. The first-order chi connectivity index (χ1) is 17.3. The van der Waals surface area contributed by atoms with Crippen LogP contribution in [-0.2, 0) is 22.6 Å². The monoisotopic (exact) mass is 517 g/mol. The van der Waals surface area contributed by atoms with E-state index in [0.717, 1.165) is 95.4 Å². The maximum Gasteiger partial charge on any atom is 0.222 e. The lowest BCUT2D eigenvalue weighted by atomic mass is 10.0. The maximum atomic E-state index is 12.2. The number of nitrogens with zero attached hydrogens (tertiary/aromatic N) is 3. The van der Waals surface area contributed by atoms with Gasteiger partial charge in [0.05, 0.1) is 0 Å². The molecule has 202 valence electrons. The fraction of sp³-hybridized carbons (Fsp3) is 0.667. The Morgan fingerprint density at radius 1 is 0.917 bits per heavy atom. The molecule has 0 unspecified atom stereocenters. The van der Waals surface area contributed by atoms with E-state index in [0.29, 0.717) is 6.42 Å². The van der Waals surface area contributed by atoms with E-state index in [-0.39, 0.29) is 11.8 Å². The molecule has 1 aromatic carbocycles. The van der Waals surface area contributed by atoms with Crippen molar-refractivity contribution in [2.24, 2.45) is 0 Å². The van der Waals surface area contributed by atoms with Crippen molar-refractivity contribution in [1.82, 2.24) is 14.4 Å². The molecular weight excluding hydrogens is 470 g/mol. The summed E-state index contributed by atoms with van der Waals surface area (Å²) < 4.78 is 2.36. The van der Waals surface area contributed by atoms with Crippen LogP contribution < -0.4 is 0 Å². The maximum absolute atomic E-state index is 12.2. The molecule has 0 spiro atoms. The number of halogens is 1. The van der Waals surface area contributed by atoms with Gasteiger partial charge in [-0.3, -0.25) is 9.59 Å². The Morgan fingerprint density at radius 3 is 2.25 bits per heavy atom. The van der Waals surface area contributed by atoms with Crippen molar-refractivity contribution >= 4 is 34.3 Å². The Morgan fingerprint density at radius 2 is 1.58 bits per heavy atom. The van der Waals surface area contributed by atoms with Gasteiger partial charge in [-0.2, -0.15) is 0 Å². The Kier molecular flexibility index (Phi) is 13.4. The topological polar surface area (TPSA) is 45.6 Å². The molecule has 0 aliphatic heterocycles. The van der Waals surface area contributed by atoms with Crippen LogP contribution >= 0.6 is 11.6 Å². The number of aryl methyl sites for hydroxylation is 2. The van der Waals surface area contributed by atoms with E-state index in [9.17, 15) is 9.59 Å². The Bertz CT molecular complexity index is 969. The minimum Gasteiger partial charge on any atom is -0.346 e. The van der Waals surface area contributed by atoms with Gasteiger partial charge in [0.25, 0.3) is 0 Å². The number of hydrogen-bond donors (Lipinski definition) is 0. The van der Waals surface area contributed by atoms with E-state index < -0.39 is 0 Å². The van der Waals surface area contributed by atoms with E-state index in [4.69, 9.17) is 11.6 Å². The number of amides is 2. The highest BCUT2D eigenvalue weighted by Gasteiger charge is 2.14. The number of benzene rings is 1. The van der Waals surface area contributed by atoms with Gasteiger partial charge in [0.1, 0.15) is 0 Å². The molecule has 1 aromatic heterocycles. The van der Waals surface area contributed by atoms with Gasteiger partial charge in [-0.25, -0.2) is 0 Å². The Hall–Kier alpha value is -2.01. The third-order valence-electron chi connectivity index (χ3n) is 7.37. The van der Waals surface area contributed by atoms with Gasteiger partial charge in [0.2, 0.25) is 11.8 Å². The standard InChI is InChI=1S/C30H48ClN3O2/c1-6-8-20-32(5)30(36)17-12-10-9-11-14-21-33(25(4)35)22-15-13-16-27-24(3)34(7-2)29-19-18-26(31)23-28(27)29/h18-19,23H,6-17,20-22H2,1-5H3. The summed E-state index contributed by atoms with van der Waals surface area (Å²) in [6.45, 7) is 11.7. The van der Waals surface area contributed by atoms with Gasteiger partial charge < -0.3 is 14.4 Å². The lowest BCUT2D eigenvalue weighted by Crippen LogP contribution is -2.30. The molecule has 0 saturated heterocycles. The van der Waals surface area contributed by atoms with Crippen molar-refractivity contribution < 1.29 is 9.59 Å². The molecule has 2 aromatic rings. The van der Waals surface area contributed by atoms with Crippen LogP contribution in [-0.4, -0.2) is 52.9 Å². The minimum absolute atomic E-state index is 0.168. The second-order valence-corrected chi connectivity index (χ2v) is 10.6. The fourth-order valence-electron chi connectivity index (χ4n) is 5.10. The largest absolute Gasteiger partial charge is 0.346 e. The molecule has 6 heteroatoms. The van der Waals surface area contributed by atoms with Crippen LogP contribution in [0.3, 0.4) is 0 Å². The third kappa shape index (κ3) is 9.14. The molecule has 0 atom stereocenters. The number of fused-ring (bicyclic) bond motifs is 1. The summed E-state index contributed by atoms with van der Waals surface area (Å²) in [4.78, 5) is 28.1. The smallest absolute Gasteiger partial charge is 0.222 e. The van der Waals surface area contributed by atoms with Crippen molar-refractivity contribution in [3.63, 3.8) is 0 Å². The van der Waals surface area contributed by atoms with Crippen LogP contribution in [0, 0.1) is 6.92 Å².